The van der Waals surface area contributed by atoms with Gasteiger partial charge in [-0.2, -0.15) is 23.5 Å². The molecule has 1 aliphatic heterocycles. The van der Waals surface area contributed by atoms with Gasteiger partial charge in [0.05, 0.1) is 18.4 Å². The molecule has 1 aliphatic rings. The highest BCUT2D eigenvalue weighted by Crippen LogP contribution is 2.29. The lowest BCUT2D eigenvalue weighted by molar-refractivity contribution is -0.116. The molecule has 21 heavy (non-hydrogen) atoms. The molecule has 7 heteroatoms. The number of carbonyl (C=O) groups excluding carboxylic acids is 1. The van der Waals surface area contributed by atoms with Gasteiger partial charge in [0.2, 0.25) is 5.91 Å². The first-order valence-electron chi connectivity index (χ1n) is 6.50. The molecule has 5 nitrogen and oxygen atoms in total. The number of ether oxygens (including phenoxy) is 1. The largest absolute Gasteiger partial charge is 0.495 e. The highest BCUT2D eigenvalue weighted by molar-refractivity contribution is 8.06. The molecule has 1 fully saturated rings. The molecule has 2 N–H and O–H groups in total. The standard InChI is InChI=1S/C14H17NO4S2/c1-19-12-6-9(14(17)18)2-3-11(12)15-13(16)7-10-8-20-4-5-21-10/h2-3,6,10H,4-5,7-8H2,1H3,(H,15,16)(H,17,18). The van der Waals surface area contributed by atoms with E-state index in [9.17, 15) is 9.59 Å². The van der Waals surface area contributed by atoms with Gasteiger partial charge in [-0.1, -0.05) is 0 Å². The number of benzene rings is 1. The van der Waals surface area contributed by atoms with Crippen LogP contribution in [0.5, 0.6) is 5.75 Å². The Morgan fingerprint density at radius 1 is 1.43 bits per heavy atom. The number of aromatic carboxylic acids is 1. The lowest BCUT2D eigenvalue weighted by Gasteiger charge is -2.20. The van der Waals surface area contributed by atoms with Gasteiger partial charge < -0.3 is 15.2 Å². The summed E-state index contributed by atoms with van der Waals surface area (Å²) in [6.45, 7) is 0. The Hall–Kier alpha value is -1.34. The minimum Gasteiger partial charge on any atom is -0.495 e. The van der Waals surface area contributed by atoms with Gasteiger partial charge >= 0.3 is 5.97 Å². The summed E-state index contributed by atoms with van der Waals surface area (Å²) in [5.41, 5.74) is 0.630. The van der Waals surface area contributed by atoms with E-state index in [2.05, 4.69) is 5.32 Å². The van der Waals surface area contributed by atoms with Crippen molar-refractivity contribution in [3.63, 3.8) is 0 Å². The summed E-state index contributed by atoms with van der Waals surface area (Å²) in [6.07, 6.45) is 0.460. The number of carboxylic acid groups (broad SMARTS) is 1. The molecule has 1 amide bonds. The molecule has 1 aromatic rings. The number of hydrogen-bond acceptors (Lipinski definition) is 5. The van der Waals surface area contributed by atoms with Crippen LogP contribution in [0, 0.1) is 0 Å². The monoisotopic (exact) mass is 327 g/mol. The summed E-state index contributed by atoms with van der Waals surface area (Å²) in [5.74, 6) is 2.48. The number of hydrogen-bond donors (Lipinski definition) is 2. The lowest BCUT2D eigenvalue weighted by atomic mass is 10.2. The van der Waals surface area contributed by atoms with E-state index in [4.69, 9.17) is 9.84 Å². The molecule has 114 valence electrons. The van der Waals surface area contributed by atoms with E-state index in [-0.39, 0.29) is 11.5 Å². The zero-order valence-electron chi connectivity index (χ0n) is 11.6. The van der Waals surface area contributed by atoms with Crippen molar-refractivity contribution in [3.05, 3.63) is 23.8 Å². The van der Waals surface area contributed by atoms with E-state index in [0.29, 0.717) is 23.1 Å². The van der Waals surface area contributed by atoms with Crippen LogP contribution < -0.4 is 10.1 Å². The summed E-state index contributed by atoms with van der Waals surface area (Å²) in [7, 11) is 1.45. The normalized spacial score (nSPS) is 18.0. The number of thioether (sulfide) groups is 2. The van der Waals surface area contributed by atoms with Crippen LogP contribution in [0.15, 0.2) is 18.2 Å². The fourth-order valence-corrected chi connectivity index (χ4v) is 4.67. The number of nitrogens with one attached hydrogen (secondary N) is 1. The van der Waals surface area contributed by atoms with Crippen LogP contribution in [0.4, 0.5) is 5.69 Å². The molecule has 1 atom stereocenters. The molecular weight excluding hydrogens is 310 g/mol. The second-order valence-corrected chi connectivity index (χ2v) is 7.10. The van der Waals surface area contributed by atoms with Crippen LogP contribution in [0.3, 0.4) is 0 Å². The van der Waals surface area contributed by atoms with Gasteiger partial charge in [0.1, 0.15) is 5.75 Å². The highest BCUT2D eigenvalue weighted by atomic mass is 32.2. The zero-order valence-corrected chi connectivity index (χ0v) is 13.3. The fourth-order valence-electron chi connectivity index (χ4n) is 1.99. The van der Waals surface area contributed by atoms with Crippen LogP contribution in [-0.2, 0) is 4.79 Å². The molecular formula is C14H17NO4S2. The van der Waals surface area contributed by atoms with Crippen molar-refractivity contribution in [2.45, 2.75) is 11.7 Å². The first kappa shape index (κ1) is 16.0. The van der Waals surface area contributed by atoms with E-state index in [1.807, 2.05) is 23.5 Å². The van der Waals surface area contributed by atoms with E-state index in [1.165, 1.54) is 19.2 Å². The average Bonchev–Trinajstić information content (AvgIpc) is 2.48. The third-order valence-electron chi connectivity index (χ3n) is 3.02. The lowest BCUT2D eigenvalue weighted by Crippen LogP contribution is -2.22. The summed E-state index contributed by atoms with van der Waals surface area (Å²) in [4.78, 5) is 23.0. The summed E-state index contributed by atoms with van der Waals surface area (Å²) in [6, 6.07) is 4.41. The summed E-state index contributed by atoms with van der Waals surface area (Å²) in [5, 5.41) is 12.1. The molecule has 0 radical (unpaired) electrons. The Morgan fingerprint density at radius 2 is 2.24 bits per heavy atom. The predicted molar refractivity (Wildman–Crippen MR) is 86.8 cm³/mol. The number of rotatable bonds is 5. The van der Waals surface area contributed by atoms with Crippen LogP contribution >= 0.6 is 23.5 Å². The molecule has 1 heterocycles. The van der Waals surface area contributed by atoms with Crippen molar-refractivity contribution < 1.29 is 19.4 Å². The maximum Gasteiger partial charge on any atom is 0.335 e. The van der Waals surface area contributed by atoms with E-state index in [0.717, 1.165) is 17.3 Å². The van der Waals surface area contributed by atoms with Gasteiger partial charge in [0.25, 0.3) is 0 Å². The molecule has 0 bridgehead atoms. The maximum absolute atomic E-state index is 12.1. The quantitative estimate of drug-likeness (QED) is 0.866. The number of carbonyl (C=O) groups is 2. The minimum absolute atomic E-state index is 0.0728. The van der Waals surface area contributed by atoms with Gasteiger partial charge in [0, 0.05) is 28.9 Å². The van der Waals surface area contributed by atoms with Gasteiger partial charge in [-0.05, 0) is 18.2 Å². The molecule has 0 aromatic heterocycles. The Morgan fingerprint density at radius 3 is 2.86 bits per heavy atom. The molecule has 1 aromatic carbocycles. The van der Waals surface area contributed by atoms with Gasteiger partial charge in [-0.25, -0.2) is 4.79 Å². The van der Waals surface area contributed by atoms with Gasteiger partial charge in [0.15, 0.2) is 0 Å². The average molecular weight is 327 g/mol. The Kier molecular flexibility index (Phi) is 5.81. The Bertz CT molecular complexity index is 530. The topological polar surface area (TPSA) is 75.6 Å². The third kappa shape index (κ3) is 4.57. The van der Waals surface area contributed by atoms with Crippen molar-refractivity contribution >= 4 is 41.1 Å². The van der Waals surface area contributed by atoms with Crippen LogP contribution in [0.2, 0.25) is 0 Å². The first-order chi connectivity index (χ1) is 10.1. The summed E-state index contributed by atoms with van der Waals surface area (Å²) < 4.78 is 5.14. The molecule has 0 saturated carbocycles. The van der Waals surface area contributed by atoms with Crippen molar-refractivity contribution in [1.82, 2.24) is 0 Å². The highest BCUT2D eigenvalue weighted by Gasteiger charge is 2.19. The smallest absolute Gasteiger partial charge is 0.335 e. The number of amides is 1. The minimum atomic E-state index is -1.03. The second kappa shape index (κ2) is 7.61. The van der Waals surface area contributed by atoms with Crippen LogP contribution in [0.25, 0.3) is 0 Å². The zero-order chi connectivity index (χ0) is 15.2. The Balaban J connectivity index is 2.00. The maximum atomic E-state index is 12.1. The van der Waals surface area contributed by atoms with E-state index < -0.39 is 5.97 Å². The molecule has 0 aliphatic carbocycles. The number of methoxy groups -OCH3 is 1. The third-order valence-corrected chi connectivity index (χ3v) is 5.87. The second-order valence-electron chi connectivity index (χ2n) is 4.54. The van der Waals surface area contributed by atoms with Gasteiger partial charge in [-0.15, -0.1) is 0 Å². The van der Waals surface area contributed by atoms with Crippen molar-refractivity contribution in [1.29, 1.82) is 0 Å². The molecule has 1 saturated heterocycles. The van der Waals surface area contributed by atoms with Gasteiger partial charge in [-0.3, -0.25) is 4.79 Å². The van der Waals surface area contributed by atoms with Crippen molar-refractivity contribution in [2.75, 3.05) is 29.7 Å². The van der Waals surface area contributed by atoms with Crippen LogP contribution in [0.1, 0.15) is 16.8 Å². The number of carboxylic acids is 1. The van der Waals surface area contributed by atoms with Crippen molar-refractivity contribution in [2.24, 2.45) is 0 Å². The van der Waals surface area contributed by atoms with E-state index in [1.54, 1.807) is 6.07 Å². The molecule has 0 spiro atoms. The van der Waals surface area contributed by atoms with E-state index >= 15 is 0 Å². The molecule has 2 rings (SSSR count). The summed E-state index contributed by atoms with van der Waals surface area (Å²) >= 11 is 3.70. The SMILES string of the molecule is COc1cc(C(=O)O)ccc1NC(=O)CC1CSCCS1. The Labute approximate surface area is 131 Å². The van der Waals surface area contributed by atoms with Crippen LogP contribution in [-0.4, -0.2) is 46.6 Å². The predicted octanol–water partition coefficient (Wildman–Crippen LogP) is 2.57. The first-order valence-corrected chi connectivity index (χ1v) is 8.71. The number of anilines is 1. The molecule has 1 unspecified atom stereocenters. The fraction of sp³-hybridized carbons (Fsp3) is 0.429. The van der Waals surface area contributed by atoms with Crippen molar-refractivity contribution in [3.8, 4) is 5.75 Å².